The summed E-state index contributed by atoms with van der Waals surface area (Å²) in [5.41, 5.74) is 1.45. The van der Waals surface area contributed by atoms with Gasteiger partial charge in [0.05, 0.1) is 4.92 Å². The molecule has 0 radical (unpaired) electrons. The highest BCUT2D eigenvalue weighted by Crippen LogP contribution is 2.25. The molecule has 0 aliphatic rings. The van der Waals surface area contributed by atoms with Crippen LogP contribution < -0.4 is 0 Å². The predicted molar refractivity (Wildman–Crippen MR) is 62.4 cm³/mol. The monoisotopic (exact) mass is 223 g/mol. The molecule has 0 bridgehead atoms. The van der Waals surface area contributed by atoms with Crippen LogP contribution in [-0.4, -0.2) is 16.6 Å². The van der Waals surface area contributed by atoms with E-state index in [1.165, 1.54) is 0 Å². The third-order valence-electron chi connectivity index (χ3n) is 2.58. The van der Waals surface area contributed by atoms with Crippen molar-refractivity contribution in [2.45, 2.75) is 27.2 Å². The Morgan fingerprint density at radius 2 is 2.06 bits per heavy atom. The average Bonchev–Trinajstić information content (AvgIpc) is 2.20. The maximum absolute atomic E-state index is 10.8. The summed E-state index contributed by atoms with van der Waals surface area (Å²) >= 11 is 0. The number of nitro benzene ring substituents is 1. The Kier molecular flexibility index (Phi) is 3.65. The first-order chi connectivity index (χ1) is 7.35. The highest BCUT2D eigenvalue weighted by molar-refractivity contribution is 5.42. The molecule has 0 aromatic heterocycles. The smallest absolute Gasteiger partial charge is 0.272 e. The van der Waals surface area contributed by atoms with E-state index in [0.29, 0.717) is 12.0 Å². The topological polar surface area (TPSA) is 63.4 Å². The first kappa shape index (κ1) is 12.6. The van der Waals surface area contributed by atoms with Crippen LogP contribution >= 0.6 is 0 Å². The van der Waals surface area contributed by atoms with Crippen molar-refractivity contribution in [2.24, 2.45) is 5.41 Å². The van der Waals surface area contributed by atoms with E-state index >= 15 is 0 Å². The quantitative estimate of drug-likeness (QED) is 0.630. The number of hydrogen-bond donors (Lipinski definition) is 1. The summed E-state index contributed by atoms with van der Waals surface area (Å²) < 4.78 is 0. The molecule has 0 atom stereocenters. The van der Waals surface area contributed by atoms with Crippen LogP contribution in [0.5, 0.6) is 0 Å². The van der Waals surface area contributed by atoms with Crippen molar-refractivity contribution in [1.29, 1.82) is 0 Å². The van der Waals surface area contributed by atoms with Gasteiger partial charge in [-0.3, -0.25) is 10.1 Å². The third-order valence-corrected chi connectivity index (χ3v) is 2.58. The first-order valence-electron chi connectivity index (χ1n) is 5.20. The van der Waals surface area contributed by atoms with Gasteiger partial charge in [0, 0.05) is 18.2 Å². The van der Waals surface area contributed by atoms with Crippen LogP contribution in [0.2, 0.25) is 0 Å². The van der Waals surface area contributed by atoms with Crippen molar-refractivity contribution in [3.8, 4) is 0 Å². The van der Waals surface area contributed by atoms with E-state index in [2.05, 4.69) is 0 Å². The van der Waals surface area contributed by atoms with Crippen LogP contribution in [0.4, 0.5) is 5.69 Å². The normalized spacial score (nSPS) is 11.5. The maximum Gasteiger partial charge on any atom is 0.272 e. The van der Waals surface area contributed by atoms with Gasteiger partial charge < -0.3 is 5.11 Å². The van der Waals surface area contributed by atoms with Crippen LogP contribution in [-0.2, 0) is 6.42 Å². The summed E-state index contributed by atoms with van der Waals surface area (Å²) in [5, 5.41) is 19.9. The molecule has 0 heterocycles. The van der Waals surface area contributed by atoms with Crippen LogP contribution in [0, 0.1) is 22.5 Å². The fourth-order valence-corrected chi connectivity index (χ4v) is 1.57. The molecule has 0 fully saturated rings. The lowest BCUT2D eigenvalue weighted by molar-refractivity contribution is -0.385. The molecule has 1 aromatic carbocycles. The Bertz CT molecular complexity index is 399. The highest BCUT2D eigenvalue weighted by Gasteiger charge is 2.19. The van der Waals surface area contributed by atoms with Crippen LogP contribution in [0.15, 0.2) is 18.2 Å². The minimum absolute atomic E-state index is 0.0642. The van der Waals surface area contributed by atoms with Gasteiger partial charge >= 0.3 is 0 Å². The number of aliphatic hydroxyl groups excluding tert-OH is 1. The molecule has 0 amide bonds. The van der Waals surface area contributed by atoms with E-state index < -0.39 is 0 Å². The van der Waals surface area contributed by atoms with Crippen LogP contribution in [0.25, 0.3) is 0 Å². The number of rotatable bonds is 4. The molecule has 4 nitrogen and oxygen atoms in total. The van der Waals surface area contributed by atoms with Gasteiger partial charge in [0.1, 0.15) is 0 Å². The maximum atomic E-state index is 10.8. The molecule has 0 unspecified atom stereocenters. The van der Waals surface area contributed by atoms with Crippen molar-refractivity contribution in [1.82, 2.24) is 0 Å². The Morgan fingerprint density at radius 1 is 1.44 bits per heavy atom. The summed E-state index contributed by atoms with van der Waals surface area (Å²) in [6.07, 6.45) is 0.630. The molecule has 1 aromatic rings. The number of hydrogen-bond acceptors (Lipinski definition) is 3. The van der Waals surface area contributed by atoms with Gasteiger partial charge in [0.2, 0.25) is 0 Å². The van der Waals surface area contributed by atoms with Crippen molar-refractivity contribution in [3.63, 3.8) is 0 Å². The Labute approximate surface area is 95.1 Å². The standard InChI is InChI=1S/C12H17NO3/c1-9-4-5-10(6-11(9)13(15)16)7-12(2,3)8-14/h4-6,14H,7-8H2,1-3H3. The molecule has 0 aliphatic heterocycles. The minimum Gasteiger partial charge on any atom is -0.396 e. The zero-order valence-corrected chi connectivity index (χ0v) is 9.86. The van der Waals surface area contributed by atoms with E-state index in [9.17, 15) is 10.1 Å². The summed E-state index contributed by atoms with van der Waals surface area (Å²) in [6.45, 7) is 5.64. The zero-order valence-electron chi connectivity index (χ0n) is 9.86. The molecule has 0 saturated carbocycles. The molecule has 4 heteroatoms. The summed E-state index contributed by atoms with van der Waals surface area (Å²) in [5.74, 6) is 0. The summed E-state index contributed by atoms with van der Waals surface area (Å²) in [4.78, 5) is 10.4. The van der Waals surface area contributed by atoms with Crippen LogP contribution in [0.3, 0.4) is 0 Å². The van der Waals surface area contributed by atoms with Crippen molar-refractivity contribution in [3.05, 3.63) is 39.4 Å². The molecule has 0 spiro atoms. The number of aryl methyl sites for hydroxylation is 1. The largest absolute Gasteiger partial charge is 0.396 e. The van der Waals surface area contributed by atoms with Gasteiger partial charge in [-0.1, -0.05) is 26.0 Å². The molecule has 1 N–H and O–H groups in total. The van der Waals surface area contributed by atoms with Crippen molar-refractivity contribution >= 4 is 5.69 Å². The zero-order chi connectivity index (χ0) is 12.3. The van der Waals surface area contributed by atoms with Gasteiger partial charge in [-0.15, -0.1) is 0 Å². The average molecular weight is 223 g/mol. The van der Waals surface area contributed by atoms with Gasteiger partial charge in [0.25, 0.3) is 5.69 Å². The first-order valence-corrected chi connectivity index (χ1v) is 5.20. The van der Waals surface area contributed by atoms with Crippen molar-refractivity contribution < 1.29 is 10.0 Å². The molecular formula is C12H17NO3. The summed E-state index contributed by atoms with van der Waals surface area (Å²) in [7, 11) is 0. The molecule has 0 saturated heterocycles. The minimum atomic E-state index is -0.370. The van der Waals surface area contributed by atoms with Gasteiger partial charge in [0.15, 0.2) is 0 Å². The SMILES string of the molecule is Cc1ccc(CC(C)(C)CO)cc1[N+](=O)[O-]. The molecule has 1 rings (SSSR count). The Balaban J connectivity index is 3.00. The lowest BCUT2D eigenvalue weighted by Gasteiger charge is -2.21. The van der Waals surface area contributed by atoms with Crippen molar-refractivity contribution in [2.75, 3.05) is 6.61 Å². The fourth-order valence-electron chi connectivity index (χ4n) is 1.57. The lowest BCUT2D eigenvalue weighted by atomic mass is 9.86. The van der Waals surface area contributed by atoms with Gasteiger partial charge in [-0.25, -0.2) is 0 Å². The molecule has 88 valence electrons. The second-order valence-corrected chi connectivity index (χ2v) is 4.88. The fraction of sp³-hybridized carbons (Fsp3) is 0.500. The third kappa shape index (κ3) is 3.03. The molecule has 16 heavy (non-hydrogen) atoms. The van der Waals surface area contributed by atoms with E-state index in [4.69, 9.17) is 5.11 Å². The van der Waals surface area contributed by atoms with Gasteiger partial charge in [-0.2, -0.15) is 0 Å². The van der Waals surface area contributed by atoms with E-state index in [1.54, 1.807) is 19.1 Å². The second kappa shape index (κ2) is 4.61. The van der Waals surface area contributed by atoms with E-state index in [1.807, 2.05) is 19.9 Å². The van der Waals surface area contributed by atoms with Gasteiger partial charge in [-0.05, 0) is 24.3 Å². The Morgan fingerprint density at radius 3 is 2.56 bits per heavy atom. The number of nitro groups is 1. The van der Waals surface area contributed by atoms with E-state index in [-0.39, 0.29) is 22.6 Å². The lowest BCUT2D eigenvalue weighted by Crippen LogP contribution is -2.19. The highest BCUT2D eigenvalue weighted by atomic mass is 16.6. The number of benzene rings is 1. The van der Waals surface area contributed by atoms with Crippen LogP contribution in [0.1, 0.15) is 25.0 Å². The Hall–Kier alpha value is -1.42. The predicted octanol–water partition coefficient (Wildman–Crippen LogP) is 2.46. The molecular weight excluding hydrogens is 206 g/mol. The molecule has 0 aliphatic carbocycles. The summed E-state index contributed by atoms with van der Waals surface area (Å²) in [6, 6.07) is 5.22. The second-order valence-electron chi connectivity index (χ2n) is 4.88. The van der Waals surface area contributed by atoms with E-state index in [0.717, 1.165) is 5.56 Å². The number of aliphatic hydroxyl groups is 1. The number of nitrogens with zero attached hydrogens (tertiary/aromatic N) is 1.